The number of aromatic nitrogens is 4. The number of aliphatic hydroxyl groups is 2. The first-order valence-electron chi connectivity index (χ1n) is 22.8. The van der Waals surface area contributed by atoms with Gasteiger partial charge in [0, 0.05) is 0 Å². The molecule has 8 aromatic rings. The zero-order valence-electron chi connectivity index (χ0n) is 39.4. The van der Waals surface area contributed by atoms with Gasteiger partial charge in [0.2, 0.25) is 11.8 Å². The Morgan fingerprint density at radius 1 is 0.471 bits per heavy atom. The number of hydrogen-bond donors (Lipinski definition) is 6. The van der Waals surface area contributed by atoms with Crippen LogP contribution in [0.2, 0.25) is 0 Å². The predicted molar refractivity (Wildman–Crippen MR) is 270 cm³/mol. The molecule has 6 aromatic carbocycles. The van der Waals surface area contributed by atoms with Gasteiger partial charge in [-0.1, -0.05) is 145 Å². The summed E-state index contributed by atoms with van der Waals surface area (Å²) < 4.78 is 3.14. The van der Waals surface area contributed by atoms with Crippen molar-refractivity contribution in [1.82, 2.24) is 30.2 Å². The number of rotatable bonds is 16. The number of aryl methyl sites for hydroxylation is 4. The normalized spacial score (nSPS) is 12.7. The number of hydrogen-bond acceptors (Lipinski definition) is 8. The van der Waals surface area contributed by atoms with Crippen molar-refractivity contribution < 1.29 is 29.4 Å². The number of nitrogens with zero attached hydrogens (tertiary/aromatic N) is 4. The number of benzene rings is 6. The average molecular weight is 937 g/mol. The minimum absolute atomic E-state index is 0.243. The standard InChI is InChI=1S/2C28H28N4O3/c2*1-18-8-6-11-21(14-18)22-12-7-13-23(17-22)32-25(15-19(2)31-32)28(35)30-24(26(33)27(29)34)16-20-9-4-3-5-10-20/h2*3-15,17,24,26,33H,16H2,1-2H3,(H2,29,34)(H,30,35)/t2*24-,26?/m00/s1. The molecule has 0 saturated heterocycles. The van der Waals surface area contributed by atoms with Gasteiger partial charge in [-0.3, -0.25) is 19.2 Å². The second-order valence-electron chi connectivity index (χ2n) is 17.2. The molecule has 0 spiro atoms. The summed E-state index contributed by atoms with van der Waals surface area (Å²) in [4.78, 5) is 50.2. The molecule has 0 saturated carbocycles. The maximum Gasteiger partial charge on any atom is 0.270 e. The number of carbonyl (C=O) groups is 4. The molecule has 2 unspecified atom stereocenters. The minimum atomic E-state index is -1.54. The van der Waals surface area contributed by atoms with Crippen LogP contribution in [0.5, 0.6) is 0 Å². The van der Waals surface area contributed by atoms with Crippen LogP contribution in [-0.2, 0) is 22.4 Å². The van der Waals surface area contributed by atoms with E-state index >= 15 is 0 Å². The lowest BCUT2D eigenvalue weighted by molar-refractivity contribution is -0.127. The molecule has 0 bridgehead atoms. The van der Waals surface area contributed by atoms with Gasteiger partial charge < -0.3 is 32.3 Å². The van der Waals surface area contributed by atoms with Crippen LogP contribution in [0, 0.1) is 27.7 Å². The van der Waals surface area contributed by atoms with E-state index in [0.717, 1.165) is 55.9 Å². The zero-order valence-corrected chi connectivity index (χ0v) is 39.4. The van der Waals surface area contributed by atoms with Crippen LogP contribution in [0.4, 0.5) is 0 Å². The van der Waals surface area contributed by atoms with Gasteiger partial charge in [0.15, 0.2) is 12.2 Å². The highest BCUT2D eigenvalue weighted by molar-refractivity contribution is 5.95. The lowest BCUT2D eigenvalue weighted by Gasteiger charge is -2.22. The van der Waals surface area contributed by atoms with Gasteiger partial charge in [-0.25, -0.2) is 9.36 Å². The van der Waals surface area contributed by atoms with Crippen molar-refractivity contribution in [2.75, 3.05) is 0 Å². The van der Waals surface area contributed by atoms with Gasteiger partial charge in [-0.15, -0.1) is 0 Å². The Bertz CT molecular complexity index is 2900. The van der Waals surface area contributed by atoms with Crippen molar-refractivity contribution in [1.29, 1.82) is 0 Å². The highest BCUT2D eigenvalue weighted by Crippen LogP contribution is 2.26. The Kier molecular flexibility index (Phi) is 15.9. The number of nitrogens with two attached hydrogens (primary N) is 2. The van der Waals surface area contributed by atoms with Crippen LogP contribution >= 0.6 is 0 Å². The Hall–Kier alpha value is -8.46. The van der Waals surface area contributed by atoms with Crippen LogP contribution < -0.4 is 22.1 Å². The summed E-state index contributed by atoms with van der Waals surface area (Å²) in [5.74, 6) is -2.73. The van der Waals surface area contributed by atoms with Gasteiger partial charge >= 0.3 is 0 Å². The highest BCUT2D eigenvalue weighted by atomic mass is 16.3. The molecule has 0 fully saturated rings. The average Bonchev–Trinajstić information content (AvgIpc) is 3.96. The molecular formula is C56H56N8O6. The summed E-state index contributed by atoms with van der Waals surface area (Å²) in [7, 11) is 0. The molecule has 0 aliphatic carbocycles. The van der Waals surface area contributed by atoms with E-state index in [1.54, 1.807) is 35.3 Å². The number of amides is 4. The van der Waals surface area contributed by atoms with Crippen LogP contribution in [0.25, 0.3) is 33.6 Å². The first-order valence-corrected chi connectivity index (χ1v) is 22.8. The summed E-state index contributed by atoms with van der Waals surface area (Å²) in [6.45, 7) is 7.69. The van der Waals surface area contributed by atoms with Crippen molar-refractivity contribution >= 4 is 23.6 Å². The Morgan fingerprint density at radius 2 is 0.814 bits per heavy atom. The van der Waals surface area contributed by atoms with Crippen LogP contribution in [-0.4, -0.2) is 77.7 Å². The first kappa shape index (κ1) is 49.4. The third-order valence-corrected chi connectivity index (χ3v) is 11.6. The third kappa shape index (κ3) is 12.5. The van der Waals surface area contributed by atoms with Gasteiger partial charge in [-0.2, -0.15) is 10.2 Å². The number of primary amides is 2. The van der Waals surface area contributed by atoms with E-state index in [0.29, 0.717) is 22.8 Å². The maximum absolute atomic E-state index is 13.3. The molecule has 356 valence electrons. The second kappa shape index (κ2) is 22.6. The Balaban J connectivity index is 0.000000206. The summed E-state index contributed by atoms with van der Waals surface area (Å²) in [5.41, 5.74) is 22.2. The first-order chi connectivity index (χ1) is 33.6. The molecule has 0 aliphatic rings. The van der Waals surface area contributed by atoms with E-state index in [-0.39, 0.29) is 12.8 Å². The SMILES string of the molecule is Cc1cccc(-c2cccc(-n3nc(C)cc3C(=O)N[C@@H](Cc3ccccc3)C(O)C(N)=O)c2)c1.Cc1cccc(-c2cccc(-n3nc(C)cc3C(=O)N[C@@H](Cc3ccccc3)C(O)C(N)=O)c2)c1. The van der Waals surface area contributed by atoms with Gasteiger partial charge in [-0.05, 0) is 110 Å². The summed E-state index contributed by atoms with van der Waals surface area (Å²) >= 11 is 0. The molecular weight excluding hydrogens is 881 g/mol. The van der Waals surface area contributed by atoms with Crippen molar-refractivity contribution in [3.8, 4) is 33.6 Å². The molecule has 0 radical (unpaired) electrons. The van der Waals surface area contributed by atoms with Crippen molar-refractivity contribution in [3.63, 3.8) is 0 Å². The summed E-state index contributed by atoms with van der Waals surface area (Å²) in [5, 5.41) is 35.4. The smallest absolute Gasteiger partial charge is 0.270 e. The van der Waals surface area contributed by atoms with Gasteiger partial charge in [0.05, 0.1) is 34.8 Å². The minimum Gasteiger partial charge on any atom is -0.381 e. The zero-order chi connectivity index (χ0) is 49.9. The monoisotopic (exact) mass is 936 g/mol. The van der Waals surface area contributed by atoms with Crippen molar-refractivity contribution in [3.05, 3.63) is 215 Å². The third-order valence-electron chi connectivity index (χ3n) is 11.6. The second-order valence-corrected chi connectivity index (χ2v) is 17.2. The van der Waals surface area contributed by atoms with E-state index in [9.17, 15) is 29.4 Å². The van der Waals surface area contributed by atoms with Crippen LogP contribution in [0.15, 0.2) is 170 Å². The summed E-state index contributed by atoms with van der Waals surface area (Å²) in [6, 6.07) is 52.0. The predicted octanol–water partition coefficient (Wildman–Crippen LogP) is 6.69. The van der Waals surface area contributed by atoms with Crippen LogP contribution in [0.3, 0.4) is 0 Å². The fraction of sp³-hybridized carbons (Fsp3) is 0.179. The highest BCUT2D eigenvalue weighted by Gasteiger charge is 2.30. The fourth-order valence-electron chi connectivity index (χ4n) is 8.10. The van der Waals surface area contributed by atoms with E-state index in [2.05, 4.69) is 33.0 Å². The molecule has 4 atom stereocenters. The molecule has 0 aliphatic heterocycles. The number of carbonyl (C=O) groups excluding carboxylic acids is 4. The molecule has 70 heavy (non-hydrogen) atoms. The molecule has 14 nitrogen and oxygen atoms in total. The van der Waals surface area contributed by atoms with E-state index in [1.165, 1.54) is 0 Å². The van der Waals surface area contributed by atoms with E-state index in [1.807, 2.05) is 159 Å². The molecule has 4 amide bonds. The number of nitrogens with one attached hydrogen (secondary N) is 2. The molecule has 8 N–H and O–H groups in total. The maximum atomic E-state index is 13.3. The topological polar surface area (TPSA) is 220 Å². The molecule has 2 aromatic heterocycles. The van der Waals surface area contributed by atoms with Crippen LogP contribution in [0.1, 0.15) is 54.6 Å². The lowest BCUT2D eigenvalue weighted by atomic mass is 10.0. The van der Waals surface area contributed by atoms with E-state index in [4.69, 9.17) is 11.5 Å². The van der Waals surface area contributed by atoms with Gasteiger partial charge in [0.1, 0.15) is 11.4 Å². The Morgan fingerprint density at radius 3 is 1.16 bits per heavy atom. The quantitative estimate of drug-likeness (QED) is 0.0612. The van der Waals surface area contributed by atoms with Crippen molar-refractivity contribution in [2.24, 2.45) is 11.5 Å². The summed E-state index contributed by atoms with van der Waals surface area (Å²) in [6.07, 6.45) is -2.60. The molecule has 2 heterocycles. The largest absolute Gasteiger partial charge is 0.381 e. The molecule has 8 rings (SSSR count). The van der Waals surface area contributed by atoms with Gasteiger partial charge in [0.25, 0.3) is 11.8 Å². The van der Waals surface area contributed by atoms with Crippen molar-refractivity contribution in [2.45, 2.75) is 64.8 Å². The van der Waals surface area contributed by atoms with E-state index < -0.39 is 47.9 Å². The number of aliphatic hydroxyl groups excluding tert-OH is 2. The lowest BCUT2D eigenvalue weighted by Crippen LogP contribution is -2.50. The molecule has 14 heteroatoms. The Labute approximate surface area is 406 Å². The fourth-order valence-corrected chi connectivity index (χ4v) is 8.10.